The average Bonchev–Trinajstić information content (AvgIpc) is 2.02. The van der Waals surface area contributed by atoms with Crippen LogP contribution in [-0.2, 0) is 10.0 Å². The molecule has 2 bridgehead atoms. The molecule has 0 aromatic heterocycles. The zero-order valence-corrected chi connectivity index (χ0v) is 8.97. The van der Waals surface area contributed by atoms with Gasteiger partial charge in [-0.2, -0.15) is 0 Å². The molecule has 3 nitrogen and oxygen atoms in total. The highest BCUT2D eigenvalue weighted by Gasteiger charge is 2.57. The lowest BCUT2D eigenvalue weighted by molar-refractivity contribution is -0.0614. The summed E-state index contributed by atoms with van der Waals surface area (Å²) in [5.41, 5.74) is 0.204. The Morgan fingerprint density at radius 2 is 1.92 bits per heavy atom. The Morgan fingerprint density at radius 1 is 1.31 bits per heavy atom. The lowest BCUT2D eigenvalue weighted by Crippen LogP contribution is -2.57. The van der Waals surface area contributed by atoms with Crippen LogP contribution in [-0.4, -0.2) is 13.7 Å². The van der Waals surface area contributed by atoms with Gasteiger partial charge in [-0.1, -0.05) is 13.8 Å². The first kappa shape index (κ1) is 9.46. The predicted molar refractivity (Wildman–Crippen MR) is 51.5 cm³/mol. The average molecular weight is 203 g/mol. The summed E-state index contributed by atoms with van der Waals surface area (Å²) in [7, 11) is -3.31. The SMILES string of the molecule is CC1(C)C2CCC(S(N)(=O)=O)C1C2. The van der Waals surface area contributed by atoms with Crippen molar-refractivity contribution in [1.82, 2.24) is 0 Å². The third kappa shape index (κ3) is 1.22. The van der Waals surface area contributed by atoms with Crippen LogP contribution in [0.25, 0.3) is 0 Å². The van der Waals surface area contributed by atoms with Gasteiger partial charge >= 0.3 is 0 Å². The van der Waals surface area contributed by atoms with E-state index in [1.165, 1.54) is 0 Å². The Bertz CT molecular complexity index is 319. The van der Waals surface area contributed by atoms with Crippen LogP contribution < -0.4 is 5.14 Å². The molecule has 0 aromatic carbocycles. The van der Waals surface area contributed by atoms with Gasteiger partial charge in [0, 0.05) is 0 Å². The van der Waals surface area contributed by atoms with E-state index in [9.17, 15) is 8.42 Å². The topological polar surface area (TPSA) is 60.2 Å². The smallest absolute Gasteiger partial charge is 0.212 e. The van der Waals surface area contributed by atoms with Gasteiger partial charge in [-0.15, -0.1) is 0 Å². The van der Waals surface area contributed by atoms with Crippen LogP contribution in [0, 0.1) is 17.3 Å². The first-order valence-electron chi connectivity index (χ1n) is 4.85. The van der Waals surface area contributed by atoms with Gasteiger partial charge < -0.3 is 0 Å². The fourth-order valence-corrected chi connectivity index (χ4v) is 4.52. The Hall–Kier alpha value is -0.0900. The Balaban J connectivity index is 2.26. The van der Waals surface area contributed by atoms with Gasteiger partial charge in [0.1, 0.15) is 0 Å². The molecule has 0 heterocycles. The Labute approximate surface area is 79.7 Å². The van der Waals surface area contributed by atoms with Gasteiger partial charge in [-0.05, 0) is 36.5 Å². The Morgan fingerprint density at radius 3 is 2.23 bits per heavy atom. The standard InChI is InChI=1S/C9H17NO2S/c1-9(2)6-3-4-8(7(9)5-6)13(10,11)12/h6-8H,3-5H2,1-2H3,(H2,10,11,12). The van der Waals surface area contributed by atoms with Gasteiger partial charge in [0.05, 0.1) is 5.25 Å². The van der Waals surface area contributed by atoms with Gasteiger partial charge in [0.25, 0.3) is 0 Å². The number of hydrogen-bond donors (Lipinski definition) is 1. The molecule has 3 aliphatic carbocycles. The fourth-order valence-electron chi connectivity index (χ4n) is 3.14. The molecule has 3 fully saturated rings. The van der Waals surface area contributed by atoms with Crippen molar-refractivity contribution in [2.75, 3.05) is 0 Å². The van der Waals surface area contributed by atoms with E-state index >= 15 is 0 Å². The molecule has 3 saturated carbocycles. The molecule has 0 saturated heterocycles. The molecule has 0 spiro atoms. The maximum Gasteiger partial charge on any atom is 0.212 e. The van der Waals surface area contributed by atoms with Crippen LogP contribution in [0.4, 0.5) is 0 Å². The maximum atomic E-state index is 11.3. The molecule has 4 heteroatoms. The van der Waals surface area contributed by atoms with Crippen LogP contribution in [0.1, 0.15) is 33.1 Å². The highest BCUT2D eigenvalue weighted by molar-refractivity contribution is 7.89. The Kier molecular flexibility index (Phi) is 1.81. The summed E-state index contributed by atoms with van der Waals surface area (Å²) in [6.45, 7) is 4.34. The molecule has 3 aliphatic rings. The minimum absolute atomic E-state index is 0.204. The second-order valence-corrected chi connectivity index (χ2v) is 6.85. The maximum absolute atomic E-state index is 11.3. The van der Waals surface area contributed by atoms with E-state index in [4.69, 9.17) is 5.14 Å². The molecule has 13 heavy (non-hydrogen) atoms. The van der Waals surface area contributed by atoms with Gasteiger partial charge in [-0.3, -0.25) is 0 Å². The second-order valence-electron chi connectivity index (χ2n) is 5.07. The minimum Gasteiger partial charge on any atom is -0.228 e. The number of fused-ring (bicyclic) bond motifs is 2. The summed E-state index contributed by atoms with van der Waals surface area (Å²) < 4.78 is 22.6. The normalized spacial score (nSPS) is 42.5. The van der Waals surface area contributed by atoms with E-state index < -0.39 is 10.0 Å². The van der Waals surface area contributed by atoms with E-state index in [-0.39, 0.29) is 10.7 Å². The quantitative estimate of drug-likeness (QED) is 0.693. The summed E-state index contributed by atoms with van der Waals surface area (Å²) in [5.74, 6) is 1.04. The molecular formula is C9H17NO2S. The number of rotatable bonds is 1. The molecule has 3 atom stereocenters. The zero-order valence-electron chi connectivity index (χ0n) is 8.16. The van der Waals surface area contributed by atoms with Crippen LogP contribution in [0.15, 0.2) is 0 Å². The summed E-state index contributed by atoms with van der Waals surface area (Å²) in [6, 6.07) is 0. The van der Waals surface area contributed by atoms with Gasteiger partial charge in [0.2, 0.25) is 10.0 Å². The summed E-state index contributed by atoms with van der Waals surface area (Å²) in [6.07, 6.45) is 2.87. The van der Waals surface area contributed by atoms with Gasteiger partial charge in [-0.25, -0.2) is 13.6 Å². The molecule has 76 valence electrons. The summed E-state index contributed by atoms with van der Waals surface area (Å²) >= 11 is 0. The number of primary sulfonamides is 1. The van der Waals surface area contributed by atoms with Crippen molar-refractivity contribution in [2.45, 2.75) is 38.4 Å². The van der Waals surface area contributed by atoms with E-state index in [1.807, 2.05) is 0 Å². The third-order valence-corrected chi connectivity index (χ3v) is 5.62. The van der Waals surface area contributed by atoms with Crippen LogP contribution in [0.2, 0.25) is 0 Å². The summed E-state index contributed by atoms with van der Waals surface area (Å²) in [4.78, 5) is 0. The molecule has 0 aliphatic heterocycles. The third-order valence-electron chi connectivity index (χ3n) is 4.22. The molecule has 3 unspecified atom stereocenters. The van der Waals surface area contributed by atoms with Crippen molar-refractivity contribution in [2.24, 2.45) is 22.4 Å². The molecule has 2 N–H and O–H groups in total. The highest BCUT2D eigenvalue weighted by atomic mass is 32.2. The van der Waals surface area contributed by atoms with Crippen molar-refractivity contribution in [3.63, 3.8) is 0 Å². The molecule has 0 radical (unpaired) electrons. The van der Waals surface area contributed by atoms with Crippen molar-refractivity contribution in [3.05, 3.63) is 0 Å². The lowest BCUT2D eigenvalue weighted by atomic mass is 9.49. The first-order chi connectivity index (χ1) is 5.83. The zero-order chi connectivity index (χ0) is 9.85. The van der Waals surface area contributed by atoms with E-state index in [0.717, 1.165) is 25.2 Å². The van der Waals surface area contributed by atoms with Crippen molar-refractivity contribution < 1.29 is 8.42 Å². The van der Waals surface area contributed by atoms with Gasteiger partial charge in [0.15, 0.2) is 0 Å². The number of sulfonamides is 1. The van der Waals surface area contributed by atoms with Crippen LogP contribution >= 0.6 is 0 Å². The number of nitrogens with two attached hydrogens (primary N) is 1. The van der Waals surface area contributed by atoms with E-state index in [2.05, 4.69) is 13.8 Å². The van der Waals surface area contributed by atoms with Crippen molar-refractivity contribution in [3.8, 4) is 0 Å². The monoisotopic (exact) mass is 203 g/mol. The number of hydrogen-bond acceptors (Lipinski definition) is 2. The lowest BCUT2D eigenvalue weighted by Gasteiger charge is -2.59. The van der Waals surface area contributed by atoms with Crippen LogP contribution in [0.3, 0.4) is 0 Å². The second kappa shape index (κ2) is 2.48. The van der Waals surface area contributed by atoms with Crippen molar-refractivity contribution in [1.29, 1.82) is 0 Å². The molecule has 3 rings (SSSR count). The van der Waals surface area contributed by atoms with E-state index in [0.29, 0.717) is 5.92 Å². The highest BCUT2D eigenvalue weighted by Crippen LogP contribution is 2.60. The van der Waals surface area contributed by atoms with Crippen LogP contribution in [0.5, 0.6) is 0 Å². The van der Waals surface area contributed by atoms with E-state index in [1.54, 1.807) is 0 Å². The largest absolute Gasteiger partial charge is 0.228 e. The minimum atomic E-state index is -3.31. The fraction of sp³-hybridized carbons (Fsp3) is 1.00. The first-order valence-corrected chi connectivity index (χ1v) is 6.46. The van der Waals surface area contributed by atoms with Crippen molar-refractivity contribution >= 4 is 10.0 Å². The predicted octanol–water partition coefficient (Wildman–Crippen LogP) is 1.10. The molecule has 0 amide bonds. The molecule has 0 aromatic rings. The summed E-state index contributed by atoms with van der Waals surface area (Å²) in [5, 5.41) is 4.95. The molecular weight excluding hydrogens is 186 g/mol.